The van der Waals surface area contributed by atoms with Gasteiger partial charge in [0.2, 0.25) is 0 Å². The second-order valence-electron chi connectivity index (χ2n) is 6.28. The van der Waals surface area contributed by atoms with Crippen molar-refractivity contribution in [2.75, 3.05) is 32.5 Å². The van der Waals surface area contributed by atoms with Gasteiger partial charge in [-0.1, -0.05) is 0 Å². The van der Waals surface area contributed by atoms with Gasteiger partial charge >= 0.3 is 5.69 Å². The Morgan fingerprint density at radius 2 is 1.81 bits per heavy atom. The molecule has 0 bridgehead atoms. The third kappa shape index (κ3) is 4.82. The monoisotopic (exact) mass is 378 g/mol. The molecule has 0 aliphatic rings. The van der Waals surface area contributed by atoms with E-state index >= 15 is 0 Å². The van der Waals surface area contributed by atoms with Crippen LogP contribution in [0.4, 0.5) is 10.2 Å². The number of rotatable bonds is 8. The van der Waals surface area contributed by atoms with Crippen LogP contribution < -0.4 is 21.7 Å². The molecule has 0 fully saturated rings. The molecule has 0 spiro atoms. The highest BCUT2D eigenvalue weighted by Gasteiger charge is 2.21. The molecule has 2 N–H and O–H groups in total. The van der Waals surface area contributed by atoms with Crippen LogP contribution >= 0.6 is 0 Å². The maximum absolute atomic E-state index is 12.8. The third-order valence-corrected chi connectivity index (χ3v) is 4.17. The molecular formula is C18H23FN4O4. The van der Waals surface area contributed by atoms with Crippen LogP contribution in [0.2, 0.25) is 0 Å². The number of Topliss-reactive ketones (excluding diaryl/α,β-unsaturated/α-hetero) is 1. The molecule has 8 nitrogen and oxygen atoms in total. The number of hydrogen-bond donors (Lipinski definition) is 1. The highest BCUT2D eigenvalue weighted by atomic mass is 19.1. The third-order valence-electron chi connectivity index (χ3n) is 4.17. The number of benzene rings is 1. The Bertz CT molecular complexity index is 934. The molecule has 0 saturated heterocycles. The van der Waals surface area contributed by atoms with Crippen LogP contribution in [-0.2, 0) is 14.1 Å². The van der Waals surface area contributed by atoms with Crippen molar-refractivity contribution >= 4 is 11.6 Å². The molecule has 1 aromatic heterocycles. The van der Waals surface area contributed by atoms with Gasteiger partial charge in [-0.15, -0.1) is 0 Å². The zero-order valence-corrected chi connectivity index (χ0v) is 15.6. The Morgan fingerprint density at radius 1 is 1.19 bits per heavy atom. The Balaban J connectivity index is 1.91. The van der Waals surface area contributed by atoms with E-state index in [-0.39, 0.29) is 23.7 Å². The van der Waals surface area contributed by atoms with Crippen molar-refractivity contribution in [1.82, 2.24) is 14.0 Å². The Hall–Kier alpha value is -2.94. The topological polar surface area (TPSA) is 99.6 Å². The summed E-state index contributed by atoms with van der Waals surface area (Å²) in [5.74, 6) is -0.354. The van der Waals surface area contributed by atoms with Gasteiger partial charge in [-0.2, -0.15) is 0 Å². The summed E-state index contributed by atoms with van der Waals surface area (Å²) in [5.41, 5.74) is 4.32. The molecule has 0 aliphatic heterocycles. The van der Waals surface area contributed by atoms with Gasteiger partial charge in [0, 0.05) is 20.6 Å². The first-order chi connectivity index (χ1) is 12.7. The fourth-order valence-corrected chi connectivity index (χ4v) is 2.58. The van der Waals surface area contributed by atoms with Crippen molar-refractivity contribution in [3.8, 4) is 5.75 Å². The standard InChI is InChI=1S/C18H23FN4O4/c1-21(9-4-10-27-13-7-5-12(19)6-8-13)11-14(24)15-16(20)22(2)18(26)23(3)17(15)25/h5-8H,4,9-11,20H2,1-3H3. The average Bonchev–Trinajstić information content (AvgIpc) is 2.63. The van der Waals surface area contributed by atoms with E-state index in [0.29, 0.717) is 25.3 Å². The van der Waals surface area contributed by atoms with Gasteiger partial charge < -0.3 is 10.5 Å². The van der Waals surface area contributed by atoms with E-state index in [2.05, 4.69) is 0 Å². The molecule has 0 amide bonds. The number of carbonyl (C=O) groups is 1. The van der Waals surface area contributed by atoms with Gasteiger partial charge in [-0.3, -0.25) is 23.6 Å². The van der Waals surface area contributed by atoms with Crippen molar-refractivity contribution < 1.29 is 13.9 Å². The zero-order chi connectivity index (χ0) is 20.1. The van der Waals surface area contributed by atoms with Crippen molar-refractivity contribution in [2.45, 2.75) is 6.42 Å². The van der Waals surface area contributed by atoms with E-state index in [1.165, 1.54) is 26.2 Å². The summed E-state index contributed by atoms with van der Waals surface area (Å²) in [6.07, 6.45) is 0.627. The minimum absolute atomic E-state index is 0.0197. The smallest absolute Gasteiger partial charge is 0.332 e. The van der Waals surface area contributed by atoms with Crippen LogP contribution in [0, 0.1) is 5.82 Å². The van der Waals surface area contributed by atoms with Crippen LogP contribution in [0.15, 0.2) is 33.9 Å². The van der Waals surface area contributed by atoms with Crippen LogP contribution in [-0.4, -0.2) is 46.6 Å². The summed E-state index contributed by atoms with van der Waals surface area (Å²) < 4.78 is 20.3. The summed E-state index contributed by atoms with van der Waals surface area (Å²) >= 11 is 0. The van der Waals surface area contributed by atoms with E-state index in [4.69, 9.17) is 10.5 Å². The van der Waals surface area contributed by atoms with Crippen LogP contribution in [0.5, 0.6) is 5.75 Å². The maximum Gasteiger partial charge on any atom is 0.332 e. The van der Waals surface area contributed by atoms with Crippen LogP contribution in [0.1, 0.15) is 16.8 Å². The Kier molecular flexibility index (Phi) is 6.51. The quantitative estimate of drug-likeness (QED) is 0.527. The first-order valence-corrected chi connectivity index (χ1v) is 8.38. The first-order valence-electron chi connectivity index (χ1n) is 8.38. The van der Waals surface area contributed by atoms with E-state index in [9.17, 15) is 18.8 Å². The van der Waals surface area contributed by atoms with E-state index in [1.807, 2.05) is 0 Å². The molecule has 27 heavy (non-hydrogen) atoms. The van der Waals surface area contributed by atoms with Crippen molar-refractivity contribution in [2.24, 2.45) is 14.1 Å². The second-order valence-corrected chi connectivity index (χ2v) is 6.28. The second kappa shape index (κ2) is 8.63. The molecule has 0 atom stereocenters. The number of ketones is 1. The SMILES string of the molecule is CN(CCCOc1ccc(F)cc1)CC(=O)c1c(N)n(C)c(=O)n(C)c1=O. The van der Waals surface area contributed by atoms with Crippen LogP contribution in [0.3, 0.4) is 0 Å². The summed E-state index contributed by atoms with van der Waals surface area (Å²) in [6, 6.07) is 5.72. The van der Waals surface area contributed by atoms with Gasteiger partial charge in [0.05, 0.1) is 13.2 Å². The lowest BCUT2D eigenvalue weighted by Crippen LogP contribution is -2.43. The molecule has 0 radical (unpaired) electrons. The fraction of sp³-hybridized carbons (Fsp3) is 0.389. The molecule has 2 rings (SSSR count). The lowest BCUT2D eigenvalue weighted by Gasteiger charge is -2.17. The number of anilines is 1. The summed E-state index contributed by atoms with van der Waals surface area (Å²) in [5, 5.41) is 0. The molecular weight excluding hydrogens is 355 g/mol. The number of nitrogen functional groups attached to an aromatic ring is 1. The summed E-state index contributed by atoms with van der Waals surface area (Å²) in [7, 11) is 4.44. The minimum Gasteiger partial charge on any atom is -0.494 e. The van der Waals surface area contributed by atoms with Gasteiger partial charge in [0.15, 0.2) is 5.78 Å². The predicted octanol–water partition coefficient (Wildman–Crippen LogP) is 0.389. The Labute approximate surface area is 155 Å². The largest absolute Gasteiger partial charge is 0.494 e. The minimum atomic E-state index is -0.700. The number of ether oxygens (including phenoxy) is 1. The molecule has 146 valence electrons. The molecule has 2 aromatic rings. The molecule has 9 heteroatoms. The summed E-state index contributed by atoms with van der Waals surface area (Å²) in [4.78, 5) is 38.2. The highest BCUT2D eigenvalue weighted by molar-refractivity contribution is 6.01. The normalized spacial score (nSPS) is 11.0. The van der Waals surface area contributed by atoms with Gasteiger partial charge in [-0.25, -0.2) is 9.18 Å². The lowest BCUT2D eigenvalue weighted by molar-refractivity contribution is 0.0941. The number of nitrogens with zero attached hydrogens (tertiary/aromatic N) is 3. The first kappa shape index (κ1) is 20.4. The van der Waals surface area contributed by atoms with Gasteiger partial charge in [-0.05, 0) is 37.7 Å². The molecule has 1 heterocycles. The van der Waals surface area contributed by atoms with E-state index < -0.39 is 17.0 Å². The number of hydrogen-bond acceptors (Lipinski definition) is 6. The number of carbonyl (C=O) groups excluding carboxylic acids is 1. The zero-order valence-electron chi connectivity index (χ0n) is 15.6. The van der Waals surface area contributed by atoms with Crippen molar-refractivity contribution in [3.63, 3.8) is 0 Å². The maximum atomic E-state index is 12.8. The van der Waals surface area contributed by atoms with Crippen molar-refractivity contribution in [3.05, 3.63) is 56.5 Å². The Morgan fingerprint density at radius 3 is 2.44 bits per heavy atom. The van der Waals surface area contributed by atoms with E-state index in [0.717, 1.165) is 9.13 Å². The molecule has 0 aliphatic carbocycles. The van der Waals surface area contributed by atoms with Crippen LogP contribution in [0.25, 0.3) is 0 Å². The van der Waals surface area contributed by atoms with Crippen molar-refractivity contribution in [1.29, 1.82) is 0 Å². The number of likely N-dealkylation sites (N-methyl/N-ethyl adjacent to an activating group) is 1. The average molecular weight is 378 g/mol. The predicted molar refractivity (Wildman–Crippen MR) is 99.7 cm³/mol. The highest BCUT2D eigenvalue weighted by Crippen LogP contribution is 2.11. The molecule has 1 aromatic carbocycles. The van der Waals surface area contributed by atoms with Gasteiger partial charge in [0.1, 0.15) is 22.9 Å². The summed E-state index contributed by atoms with van der Waals surface area (Å²) in [6.45, 7) is 0.918. The molecule has 0 saturated carbocycles. The fourth-order valence-electron chi connectivity index (χ4n) is 2.58. The lowest BCUT2D eigenvalue weighted by atomic mass is 10.2. The number of aromatic nitrogens is 2. The van der Waals surface area contributed by atoms with E-state index in [1.54, 1.807) is 24.1 Å². The molecule has 0 unspecified atom stereocenters. The van der Waals surface area contributed by atoms with Gasteiger partial charge in [0.25, 0.3) is 5.56 Å². The number of halogens is 1. The number of nitrogens with two attached hydrogens (primary N) is 1.